The van der Waals surface area contributed by atoms with Crippen LogP contribution >= 0.6 is 15.9 Å². The third kappa shape index (κ3) is 1.66. The lowest BCUT2D eigenvalue weighted by Gasteiger charge is -2.23. The monoisotopic (exact) mass is 255 g/mol. The van der Waals surface area contributed by atoms with Crippen LogP contribution in [0, 0.1) is 0 Å². The molecular weight excluding hydrogens is 242 g/mol. The number of fused-ring (bicyclic) bond motifs is 1. The predicted octanol–water partition coefficient (Wildman–Crippen LogP) is 2.27. The number of halogens is 1. The van der Waals surface area contributed by atoms with Crippen LogP contribution < -0.4 is 10.5 Å². The summed E-state index contributed by atoms with van der Waals surface area (Å²) in [6.07, 6.45) is 3.05. The van der Waals surface area contributed by atoms with Crippen molar-refractivity contribution in [2.45, 2.75) is 25.3 Å². The number of methoxy groups -OCH3 is 1. The van der Waals surface area contributed by atoms with Crippen LogP contribution in [0.3, 0.4) is 0 Å². The topological polar surface area (TPSA) is 35.2 Å². The fraction of sp³-hybridized carbons (Fsp3) is 0.455. The SMILES string of the molecule is COc1c(Br)ccc2c1CCC(N)C2. The molecule has 0 fully saturated rings. The van der Waals surface area contributed by atoms with Gasteiger partial charge in [0.1, 0.15) is 5.75 Å². The number of ether oxygens (including phenoxy) is 1. The normalized spacial score (nSPS) is 20.4. The maximum absolute atomic E-state index is 5.93. The van der Waals surface area contributed by atoms with Gasteiger partial charge >= 0.3 is 0 Å². The molecular formula is C11H14BrNO. The summed E-state index contributed by atoms with van der Waals surface area (Å²) in [5, 5.41) is 0. The molecule has 0 aliphatic heterocycles. The lowest BCUT2D eigenvalue weighted by Crippen LogP contribution is -2.28. The van der Waals surface area contributed by atoms with Crippen molar-refractivity contribution in [1.82, 2.24) is 0 Å². The van der Waals surface area contributed by atoms with Gasteiger partial charge in [0.25, 0.3) is 0 Å². The lowest BCUT2D eigenvalue weighted by molar-refractivity contribution is 0.401. The van der Waals surface area contributed by atoms with Crippen molar-refractivity contribution in [3.63, 3.8) is 0 Å². The van der Waals surface area contributed by atoms with E-state index in [1.807, 2.05) is 6.07 Å². The molecule has 1 atom stereocenters. The molecule has 0 spiro atoms. The Balaban J connectivity index is 2.47. The van der Waals surface area contributed by atoms with Crippen molar-refractivity contribution >= 4 is 15.9 Å². The quantitative estimate of drug-likeness (QED) is 0.836. The van der Waals surface area contributed by atoms with E-state index in [0.29, 0.717) is 6.04 Å². The van der Waals surface area contributed by atoms with E-state index >= 15 is 0 Å². The highest BCUT2D eigenvalue weighted by atomic mass is 79.9. The van der Waals surface area contributed by atoms with Crippen molar-refractivity contribution in [3.8, 4) is 5.75 Å². The molecule has 1 unspecified atom stereocenters. The molecule has 14 heavy (non-hydrogen) atoms. The van der Waals surface area contributed by atoms with Crippen molar-refractivity contribution in [2.75, 3.05) is 7.11 Å². The molecule has 0 radical (unpaired) electrons. The fourth-order valence-corrected chi connectivity index (χ4v) is 2.57. The molecule has 76 valence electrons. The lowest BCUT2D eigenvalue weighted by atomic mass is 9.88. The van der Waals surface area contributed by atoms with E-state index in [9.17, 15) is 0 Å². The van der Waals surface area contributed by atoms with E-state index in [0.717, 1.165) is 29.5 Å². The standard InChI is InChI=1S/C11H14BrNO/c1-14-11-9-4-3-8(13)6-7(9)2-5-10(11)12/h2,5,8H,3-4,6,13H2,1H3. The molecule has 0 saturated carbocycles. The van der Waals surface area contributed by atoms with E-state index in [1.165, 1.54) is 11.1 Å². The third-order valence-electron chi connectivity index (χ3n) is 2.76. The van der Waals surface area contributed by atoms with E-state index in [1.54, 1.807) is 7.11 Å². The molecule has 2 N–H and O–H groups in total. The maximum Gasteiger partial charge on any atom is 0.136 e. The van der Waals surface area contributed by atoms with Gasteiger partial charge in [-0.15, -0.1) is 0 Å². The minimum Gasteiger partial charge on any atom is -0.495 e. The Morgan fingerprint density at radius 3 is 3.00 bits per heavy atom. The van der Waals surface area contributed by atoms with Crippen LogP contribution in [0.25, 0.3) is 0 Å². The molecule has 2 nitrogen and oxygen atoms in total. The molecule has 0 saturated heterocycles. The van der Waals surface area contributed by atoms with Crippen LogP contribution in [0.2, 0.25) is 0 Å². The maximum atomic E-state index is 5.93. The van der Waals surface area contributed by atoms with Crippen LogP contribution in [-0.2, 0) is 12.8 Å². The summed E-state index contributed by atoms with van der Waals surface area (Å²) in [6, 6.07) is 4.49. The molecule has 0 heterocycles. The highest BCUT2D eigenvalue weighted by Crippen LogP contribution is 2.35. The highest BCUT2D eigenvalue weighted by Gasteiger charge is 2.20. The minimum atomic E-state index is 0.313. The van der Waals surface area contributed by atoms with Gasteiger partial charge in [0.05, 0.1) is 11.6 Å². The second kappa shape index (κ2) is 3.91. The molecule has 1 aromatic carbocycles. The highest BCUT2D eigenvalue weighted by molar-refractivity contribution is 9.10. The first-order valence-corrected chi connectivity index (χ1v) is 5.61. The van der Waals surface area contributed by atoms with Crippen molar-refractivity contribution in [1.29, 1.82) is 0 Å². The first-order chi connectivity index (χ1) is 6.72. The van der Waals surface area contributed by atoms with Crippen LogP contribution in [0.5, 0.6) is 5.75 Å². The number of nitrogens with two attached hydrogens (primary N) is 1. The number of rotatable bonds is 1. The summed E-state index contributed by atoms with van der Waals surface area (Å²) in [5.74, 6) is 0.981. The molecule has 3 heteroatoms. The van der Waals surface area contributed by atoms with E-state index in [-0.39, 0.29) is 0 Å². The Kier molecular flexibility index (Phi) is 2.79. The summed E-state index contributed by atoms with van der Waals surface area (Å²) in [5.41, 5.74) is 8.59. The van der Waals surface area contributed by atoms with E-state index in [2.05, 4.69) is 22.0 Å². The summed E-state index contributed by atoms with van der Waals surface area (Å²) in [4.78, 5) is 0. The minimum absolute atomic E-state index is 0.313. The van der Waals surface area contributed by atoms with Gasteiger partial charge in [-0.25, -0.2) is 0 Å². The molecule has 0 bridgehead atoms. The largest absolute Gasteiger partial charge is 0.495 e. The summed E-state index contributed by atoms with van der Waals surface area (Å²) >= 11 is 3.49. The Morgan fingerprint density at radius 2 is 2.29 bits per heavy atom. The predicted molar refractivity (Wildman–Crippen MR) is 60.7 cm³/mol. The van der Waals surface area contributed by atoms with Crippen LogP contribution in [0.1, 0.15) is 17.5 Å². The fourth-order valence-electron chi connectivity index (χ4n) is 2.04. The number of benzene rings is 1. The van der Waals surface area contributed by atoms with Gasteiger partial charge in [-0.2, -0.15) is 0 Å². The van der Waals surface area contributed by atoms with Gasteiger partial charge in [-0.3, -0.25) is 0 Å². The van der Waals surface area contributed by atoms with E-state index < -0.39 is 0 Å². The van der Waals surface area contributed by atoms with Gasteiger partial charge in [0.15, 0.2) is 0 Å². The van der Waals surface area contributed by atoms with Gasteiger partial charge in [-0.1, -0.05) is 6.07 Å². The molecule has 2 rings (SSSR count). The molecule has 1 aromatic rings. The molecule has 0 aromatic heterocycles. The second-order valence-electron chi connectivity index (χ2n) is 3.72. The molecule has 0 amide bonds. The number of hydrogen-bond acceptors (Lipinski definition) is 2. The van der Waals surface area contributed by atoms with Gasteiger partial charge in [-0.05, 0) is 52.4 Å². The van der Waals surface area contributed by atoms with Crippen molar-refractivity contribution in [2.24, 2.45) is 5.73 Å². The van der Waals surface area contributed by atoms with Crippen molar-refractivity contribution in [3.05, 3.63) is 27.7 Å². The zero-order valence-electron chi connectivity index (χ0n) is 8.22. The first-order valence-electron chi connectivity index (χ1n) is 4.82. The molecule has 1 aliphatic rings. The van der Waals surface area contributed by atoms with Crippen LogP contribution in [0.4, 0.5) is 0 Å². The Labute approximate surface area is 92.6 Å². The van der Waals surface area contributed by atoms with Crippen molar-refractivity contribution < 1.29 is 4.74 Å². The average molecular weight is 256 g/mol. The van der Waals surface area contributed by atoms with Gasteiger partial charge in [0, 0.05) is 6.04 Å². The van der Waals surface area contributed by atoms with E-state index in [4.69, 9.17) is 10.5 Å². The zero-order chi connectivity index (χ0) is 10.1. The summed E-state index contributed by atoms with van der Waals surface area (Å²) < 4.78 is 6.43. The third-order valence-corrected chi connectivity index (χ3v) is 3.39. The zero-order valence-corrected chi connectivity index (χ0v) is 9.80. The Bertz CT molecular complexity index is 351. The summed E-state index contributed by atoms with van der Waals surface area (Å²) in [7, 11) is 1.72. The van der Waals surface area contributed by atoms with Crippen LogP contribution in [0.15, 0.2) is 16.6 Å². The van der Waals surface area contributed by atoms with Crippen LogP contribution in [-0.4, -0.2) is 13.2 Å². The number of hydrogen-bond donors (Lipinski definition) is 1. The first kappa shape index (κ1) is 9.99. The summed E-state index contributed by atoms with van der Waals surface area (Å²) in [6.45, 7) is 0. The second-order valence-corrected chi connectivity index (χ2v) is 4.58. The molecule has 1 aliphatic carbocycles. The Morgan fingerprint density at radius 1 is 1.50 bits per heavy atom. The van der Waals surface area contributed by atoms with Gasteiger partial charge < -0.3 is 10.5 Å². The smallest absolute Gasteiger partial charge is 0.136 e. The Hall–Kier alpha value is -0.540. The van der Waals surface area contributed by atoms with Gasteiger partial charge in [0.2, 0.25) is 0 Å². The average Bonchev–Trinajstić information content (AvgIpc) is 2.18.